The molecule has 1 aromatic rings. The molecular weight excluding hydrogens is 304 g/mol. The van der Waals surface area contributed by atoms with Crippen molar-refractivity contribution in [2.75, 3.05) is 13.1 Å². The van der Waals surface area contributed by atoms with Crippen molar-refractivity contribution in [2.24, 2.45) is 11.8 Å². The molecule has 1 aliphatic heterocycles. The van der Waals surface area contributed by atoms with E-state index in [0.717, 1.165) is 32.6 Å². The summed E-state index contributed by atoms with van der Waals surface area (Å²) < 4.78 is 7.38. The Kier molecular flexibility index (Phi) is 4.85. The van der Waals surface area contributed by atoms with Gasteiger partial charge < -0.3 is 10.1 Å². The maximum Gasteiger partial charge on any atom is 0.407 e. The standard InChI is InChI=1S/C18H30N4O2/c1-5-22-10-13(8-19-22)9-21-11-14-6-7-16(15(14)12-21)20-17(23)24-18(2,3)4/h8,10,14-16H,5-7,9,11-12H2,1-4H3,(H,20,23). The van der Waals surface area contributed by atoms with Gasteiger partial charge in [0, 0.05) is 44.0 Å². The molecule has 0 spiro atoms. The highest BCUT2D eigenvalue weighted by Gasteiger charge is 2.43. The Hall–Kier alpha value is -1.56. The summed E-state index contributed by atoms with van der Waals surface area (Å²) in [4.78, 5) is 14.5. The summed E-state index contributed by atoms with van der Waals surface area (Å²) in [6.07, 6.45) is 6.07. The molecular formula is C18H30N4O2. The summed E-state index contributed by atoms with van der Waals surface area (Å²) in [5.74, 6) is 1.23. The van der Waals surface area contributed by atoms with Crippen molar-refractivity contribution >= 4 is 6.09 Å². The van der Waals surface area contributed by atoms with Crippen LogP contribution in [-0.2, 0) is 17.8 Å². The topological polar surface area (TPSA) is 59.4 Å². The summed E-state index contributed by atoms with van der Waals surface area (Å²) in [5.41, 5.74) is 0.831. The van der Waals surface area contributed by atoms with Crippen LogP contribution in [0.25, 0.3) is 0 Å². The molecule has 24 heavy (non-hydrogen) atoms. The number of nitrogens with one attached hydrogen (secondary N) is 1. The number of aryl methyl sites for hydroxylation is 1. The van der Waals surface area contributed by atoms with E-state index in [2.05, 4.69) is 28.4 Å². The smallest absolute Gasteiger partial charge is 0.407 e. The number of likely N-dealkylation sites (tertiary alicyclic amines) is 1. The highest BCUT2D eigenvalue weighted by Crippen LogP contribution is 2.38. The van der Waals surface area contributed by atoms with Gasteiger partial charge in [0.05, 0.1) is 6.20 Å². The number of rotatable bonds is 4. The second-order valence-electron chi connectivity index (χ2n) is 8.15. The van der Waals surface area contributed by atoms with Gasteiger partial charge in [-0.2, -0.15) is 5.10 Å². The van der Waals surface area contributed by atoms with Gasteiger partial charge in [0.2, 0.25) is 0 Å². The first-order valence-corrected chi connectivity index (χ1v) is 9.07. The van der Waals surface area contributed by atoms with Crippen molar-refractivity contribution < 1.29 is 9.53 Å². The van der Waals surface area contributed by atoms with Gasteiger partial charge in [0.25, 0.3) is 0 Å². The van der Waals surface area contributed by atoms with E-state index in [1.165, 1.54) is 12.0 Å². The maximum atomic E-state index is 12.1. The zero-order valence-electron chi connectivity index (χ0n) is 15.3. The number of hydrogen-bond acceptors (Lipinski definition) is 4. The molecule has 2 heterocycles. The van der Waals surface area contributed by atoms with E-state index in [-0.39, 0.29) is 12.1 Å². The zero-order valence-corrected chi connectivity index (χ0v) is 15.3. The zero-order chi connectivity index (χ0) is 17.3. The Morgan fingerprint density at radius 1 is 1.38 bits per heavy atom. The van der Waals surface area contributed by atoms with Gasteiger partial charge in [0.15, 0.2) is 0 Å². The minimum absolute atomic E-state index is 0.244. The van der Waals surface area contributed by atoms with E-state index in [9.17, 15) is 4.79 Å². The quantitative estimate of drug-likeness (QED) is 0.919. The van der Waals surface area contributed by atoms with Gasteiger partial charge >= 0.3 is 6.09 Å². The molecule has 2 fully saturated rings. The number of ether oxygens (including phenoxy) is 1. The predicted octanol–water partition coefficient (Wildman–Crippen LogP) is 2.64. The number of alkyl carbamates (subject to hydrolysis) is 1. The van der Waals surface area contributed by atoms with Crippen LogP contribution in [0, 0.1) is 11.8 Å². The summed E-state index contributed by atoms with van der Waals surface area (Å²) in [6.45, 7) is 11.8. The number of carbonyl (C=O) groups excluding carboxylic acids is 1. The Bertz CT molecular complexity index is 578. The van der Waals surface area contributed by atoms with Gasteiger partial charge in [-0.1, -0.05) is 0 Å². The maximum absolute atomic E-state index is 12.1. The van der Waals surface area contributed by atoms with E-state index < -0.39 is 5.60 Å². The van der Waals surface area contributed by atoms with Gasteiger partial charge in [-0.25, -0.2) is 4.79 Å². The van der Waals surface area contributed by atoms with Gasteiger partial charge in [-0.05, 0) is 52.4 Å². The molecule has 1 saturated carbocycles. The summed E-state index contributed by atoms with van der Waals surface area (Å²) >= 11 is 0. The molecule has 0 aromatic carbocycles. The van der Waals surface area contributed by atoms with Crippen LogP contribution in [0.2, 0.25) is 0 Å². The monoisotopic (exact) mass is 334 g/mol. The molecule has 0 bridgehead atoms. The molecule has 1 amide bonds. The molecule has 1 N–H and O–H groups in total. The highest BCUT2D eigenvalue weighted by atomic mass is 16.6. The number of carbonyl (C=O) groups is 1. The number of nitrogens with zero attached hydrogens (tertiary/aromatic N) is 3. The second-order valence-corrected chi connectivity index (χ2v) is 8.15. The molecule has 134 valence electrons. The molecule has 1 saturated heterocycles. The third-order valence-corrected chi connectivity index (χ3v) is 5.05. The Morgan fingerprint density at radius 3 is 2.83 bits per heavy atom. The number of aromatic nitrogens is 2. The Labute approximate surface area is 144 Å². The van der Waals surface area contributed by atoms with E-state index in [0.29, 0.717) is 11.8 Å². The minimum Gasteiger partial charge on any atom is -0.444 e. The molecule has 1 aliphatic carbocycles. The lowest BCUT2D eigenvalue weighted by Crippen LogP contribution is -2.42. The van der Waals surface area contributed by atoms with Crippen molar-refractivity contribution in [3.8, 4) is 0 Å². The average Bonchev–Trinajstić information content (AvgIpc) is 3.15. The molecule has 2 aliphatic rings. The third kappa shape index (κ3) is 4.09. The van der Waals surface area contributed by atoms with Crippen LogP contribution >= 0.6 is 0 Å². The first-order valence-electron chi connectivity index (χ1n) is 9.07. The molecule has 3 unspecified atom stereocenters. The molecule has 1 aromatic heterocycles. The lowest BCUT2D eigenvalue weighted by Gasteiger charge is -2.25. The van der Waals surface area contributed by atoms with E-state index >= 15 is 0 Å². The number of amides is 1. The van der Waals surface area contributed by atoms with Crippen molar-refractivity contribution in [1.29, 1.82) is 0 Å². The van der Waals surface area contributed by atoms with Crippen LogP contribution in [0.1, 0.15) is 46.1 Å². The van der Waals surface area contributed by atoms with Crippen molar-refractivity contribution in [1.82, 2.24) is 20.0 Å². The summed E-state index contributed by atoms with van der Waals surface area (Å²) in [5, 5.41) is 7.45. The molecule has 3 atom stereocenters. The fourth-order valence-corrected chi connectivity index (χ4v) is 4.04. The van der Waals surface area contributed by atoms with Crippen LogP contribution in [0.5, 0.6) is 0 Å². The Morgan fingerprint density at radius 2 is 2.17 bits per heavy atom. The van der Waals surface area contributed by atoms with Crippen LogP contribution in [0.3, 0.4) is 0 Å². The van der Waals surface area contributed by atoms with Gasteiger partial charge in [0.1, 0.15) is 5.60 Å². The predicted molar refractivity (Wildman–Crippen MR) is 92.5 cm³/mol. The SMILES string of the molecule is CCn1cc(CN2CC3CCC(NC(=O)OC(C)(C)C)C3C2)cn1. The van der Waals surface area contributed by atoms with Crippen molar-refractivity contribution in [2.45, 2.75) is 65.3 Å². The largest absolute Gasteiger partial charge is 0.444 e. The average molecular weight is 334 g/mol. The van der Waals surface area contributed by atoms with E-state index in [1.807, 2.05) is 31.6 Å². The van der Waals surface area contributed by atoms with E-state index in [4.69, 9.17) is 4.74 Å². The second kappa shape index (κ2) is 6.75. The fraction of sp³-hybridized carbons (Fsp3) is 0.778. The van der Waals surface area contributed by atoms with Gasteiger partial charge in [-0.3, -0.25) is 9.58 Å². The normalized spacial score (nSPS) is 27.2. The molecule has 6 nitrogen and oxygen atoms in total. The van der Waals surface area contributed by atoms with Crippen molar-refractivity contribution in [3.63, 3.8) is 0 Å². The van der Waals surface area contributed by atoms with Crippen LogP contribution in [0.15, 0.2) is 12.4 Å². The highest BCUT2D eigenvalue weighted by molar-refractivity contribution is 5.68. The fourth-order valence-electron chi connectivity index (χ4n) is 4.04. The Balaban J connectivity index is 1.53. The number of hydrogen-bond donors (Lipinski definition) is 1. The van der Waals surface area contributed by atoms with Gasteiger partial charge in [-0.15, -0.1) is 0 Å². The van der Waals surface area contributed by atoms with Crippen molar-refractivity contribution in [3.05, 3.63) is 18.0 Å². The first kappa shape index (κ1) is 17.3. The van der Waals surface area contributed by atoms with Crippen LogP contribution in [0.4, 0.5) is 4.79 Å². The summed E-state index contributed by atoms with van der Waals surface area (Å²) in [6, 6.07) is 0.244. The molecule has 6 heteroatoms. The minimum atomic E-state index is -0.441. The summed E-state index contributed by atoms with van der Waals surface area (Å²) in [7, 11) is 0. The molecule has 3 rings (SSSR count). The van der Waals surface area contributed by atoms with Crippen LogP contribution in [-0.4, -0.2) is 45.5 Å². The third-order valence-electron chi connectivity index (χ3n) is 5.05. The molecule has 0 radical (unpaired) electrons. The number of fused-ring (bicyclic) bond motifs is 1. The first-order chi connectivity index (χ1) is 11.3. The van der Waals surface area contributed by atoms with Crippen LogP contribution < -0.4 is 5.32 Å². The lowest BCUT2D eigenvalue weighted by atomic mass is 9.98. The van der Waals surface area contributed by atoms with E-state index in [1.54, 1.807) is 0 Å². The lowest BCUT2D eigenvalue weighted by molar-refractivity contribution is 0.0491.